The fourth-order valence-corrected chi connectivity index (χ4v) is 3.62. The van der Waals surface area contributed by atoms with Crippen molar-refractivity contribution in [2.24, 2.45) is 0 Å². The number of anilines is 1. The van der Waals surface area contributed by atoms with Crippen LogP contribution in [0.1, 0.15) is 51.0 Å². The maximum atomic E-state index is 12.7. The first-order valence-corrected chi connectivity index (χ1v) is 8.41. The van der Waals surface area contributed by atoms with Gasteiger partial charge in [-0.15, -0.1) is 0 Å². The Morgan fingerprint density at radius 1 is 1.18 bits per heavy atom. The van der Waals surface area contributed by atoms with Crippen LogP contribution >= 0.6 is 0 Å². The number of carbonyl (C=O) groups is 2. The van der Waals surface area contributed by atoms with Gasteiger partial charge in [-0.1, -0.05) is 44.4 Å². The highest BCUT2D eigenvalue weighted by molar-refractivity contribution is 6.03. The number of nitrogens with zero attached hydrogens (tertiary/aromatic N) is 1. The lowest BCUT2D eigenvalue weighted by molar-refractivity contribution is -0.126. The molecule has 2 aliphatic rings. The lowest BCUT2D eigenvalue weighted by Crippen LogP contribution is -2.50. The molecule has 2 amide bonds. The second kappa shape index (κ2) is 6.51. The Labute approximate surface area is 131 Å². The standard InChI is InChI=1S/C18H24N2O2/c1-2-17(21)20-15-11-7-6-8-13(15)12-16(20)18(22)19-14-9-4-3-5-10-14/h6-8,11,14,16H,2-5,9-10,12H2,1H3,(H,19,22). The Morgan fingerprint density at radius 2 is 1.91 bits per heavy atom. The summed E-state index contributed by atoms with van der Waals surface area (Å²) >= 11 is 0. The normalized spacial score (nSPS) is 21.5. The first-order chi connectivity index (χ1) is 10.7. The minimum absolute atomic E-state index is 0.00454. The molecule has 0 spiro atoms. The van der Waals surface area contributed by atoms with E-state index in [1.807, 2.05) is 31.2 Å². The maximum absolute atomic E-state index is 12.7. The third-order valence-corrected chi connectivity index (χ3v) is 4.80. The summed E-state index contributed by atoms with van der Waals surface area (Å²) in [6.07, 6.45) is 6.81. The zero-order valence-corrected chi connectivity index (χ0v) is 13.2. The van der Waals surface area contributed by atoms with Crippen molar-refractivity contribution >= 4 is 17.5 Å². The van der Waals surface area contributed by atoms with Crippen LogP contribution in [0.3, 0.4) is 0 Å². The summed E-state index contributed by atoms with van der Waals surface area (Å²) in [6.45, 7) is 1.85. The van der Waals surface area contributed by atoms with Gasteiger partial charge in [0.15, 0.2) is 0 Å². The quantitative estimate of drug-likeness (QED) is 0.933. The van der Waals surface area contributed by atoms with Crippen molar-refractivity contribution in [3.8, 4) is 0 Å². The van der Waals surface area contributed by atoms with Crippen LogP contribution in [0.25, 0.3) is 0 Å². The summed E-state index contributed by atoms with van der Waals surface area (Å²) in [4.78, 5) is 26.7. The van der Waals surface area contributed by atoms with Gasteiger partial charge in [-0.25, -0.2) is 0 Å². The minimum atomic E-state index is -0.383. The van der Waals surface area contributed by atoms with Gasteiger partial charge in [0, 0.05) is 24.6 Å². The highest BCUT2D eigenvalue weighted by Gasteiger charge is 2.38. The summed E-state index contributed by atoms with van der Waals surface area (Å²) in [5, 5.41) is 3.17. The summed E-state index contributed by atoms with van der Waals surface area (Å²) in [5.74, 6) is 0.0265. The molecule has 1 aliphatic heterocycles. The first-order valence-electron chi connectivity index (χ1n) is 8.41. The molecule has 118 valence electrons. The van der Waals surface area contributed by atoms with E-state index in [9.17, 15) is 9.59 Å². The Hall–Kier alpha value is -1.84. The lowest BCUT2D eigenvalue weighted by Gasteiger charge is -2.28. The van der Waals surface area contributed by atoms with Crippen LogP contribution in [-0.4, -0.2) is 23.9 Å². The van der Waals surface area contributed by atoms with Crippen molar-refractivity contribution in [1.29, 1.82) is 0 Å². The van der Waals surface area contributed by atoms with Crippen LogP contribution in [-0.2, 0) is 16.0 Å². The van der Waals surface area contributed by atoms with E-state index < -0.39 is 0 Å². The van der Waals surface area contributed by atoms with Crippen molar-refractivity contribution in [3.63, 3.8) is 0 Å². The first kappa shape index (κ1) is 15.1. The summed E-state index contributed by atoms with van der Waals surface area (Å²) in [5.41, 5.74) is 1.99. The lowest BCUT2D eigenvalue weighted by atomic mass is 9.95. The number of hydrogen-bond acceptors (Lipinski definition) is 2. The molecule has 22 heavy (non-hydrogen) atoms. The molecule has 1 aliphatic carbocycles. The zero-order valence-electron chi connectivity index (χ0n) is 13.2. The van der Waals surface area contributed by atoms with Crippen LogP contribution in [0.2, 0.25) is 0 Å². The van der Waals surface area contributed by atoms with Gasteiger partial charge in [0.1, 0.15) is 6.04 Å². The molecule has 0 aromatic heterocycles. The molecule has 1 aromatic carbocycles. The summed E-state index contributed by atoms with van der Waals surface area (Å²) < 4.78 is 0. The largest absolute Gasteiger partial charge is 0.352 e. The maximum Gasteiger partial charge on any atom is 0.243 e. The second-order valence-corrected chi connectivity index (χ2v) is 6.31. The van der Waals surface area contributed by atoms with Crippen molar-refractivity contribution < 1.29 is 9.59 Å². The van der Waals surface area contributed by atoms with E-state index in [1.54, 1.807) is 4.90 Å². The fourth-order valence-electron chi connectivity index (χ4n) is 3.62. The predicted octanol–water partition coefficient (Wildman–Crippen LogP) is 2.80. The highest BCUT2D eigenvalue weighted by Crippen LogP contribution is 2.33. The second-order valence-electron chi connectivity index (χ2n) is 6.31. The van der Waals surface area contributed by atoms with Crippen LogP contribution in [0.4, 0.5) is 5.69 Å². The number of fused-ring (bicyclic) bond motifs is 1. The van der Waals surface area contributed by atoms with E-state index in [0.717, 1.165) is 24.1 Å². The molecule has 0 saturated heterocycles. The predicted molar refractivity (Wildman–Crippen MR) is 86.7 cm³/mol. The van der Waals surface area contributed by atoms with Crippen molar-refractivity contribution in [2.45, 2.75) is 64.0 Å². The third-order valence-electron chi connectivity index (χ3n) is 4.80. The molecule has 1 aromatic rings. The minimum Gasteiger partial charge on any atom is -0.352 e. The van der Waals surface area contributed by atoms with Crippen molar-refractivity contribution in [1.82, 2.24) is 5.32 Å². The zero-order chi connectivity index (χ0) is 15.5. The molecule has 4 heteroatoms. The van der Waals surface area contributed by atoms with Gasteiger partial charge in [0.05, 0.1) is 0 Å². The molecule has 1 saturated carbocycles. The molecular formula is C18H24N2O2. The molecular weight excluding hydrogens is 276 g/mol. The molecule has 3 rings (SSSR count). The van der Waals surface area contributed by atoms with Gasteiger partial charge in [0.25, 0.3) is 0 Å². The molecule has 4 nitrogen and oxygen atoms in total. The highest BCUT2D eigenvalue weighted by atomic mass is 16.2. The molecule has 0 bridgehead atoms. The van der Waals surface area contributed by atoms with Gasteiger partial charge in [-0.3, -0.25) is 14.5 Å². The number of nitrogens with one attached hydrogen (secondary N) is 1. The Balaban J connectivity index is 1.77. The van der Waals surface area contributed by atoms with Gasteiger partial charge in [-0.05, 0) is 24.5 Å². The average Bonchev–Trinajstić information content (AvgIpc) is 2.94. The molecule has 1 atom stereocenters. The van der Waals surface area contributed by atoms with Crippen LogP contribution in [0, 0.1) is 0 Å². The van der Waals surface area contributed by atoms with Crippen LogP contribution in [0.15, 0.2) is 24.3 Å². The van der Waals surface area contributed by atoms with Gasteiger partial charge in [0.2, 0.25) is 11.8 Å². The van der Waals surface area contributed by atoms with Crippen molar-refractivity contribution in [3.05, 3.63) is 29.8 Å². The van der Waals surface area contributed by atoms with E-state index >= 15 is 0 Å². The van der Waals surface area contributed by atoms with Gasteiger partial charge in [-0.2, -0.15) is 0 Å². The summed E-state index contributed by atoms with van der Waals surface area (Å²) in [6, 6.07) is 7.75. The van der Waals surface area contributed by atoms with E-state index in [0.29, 0.717) is 12.8 Å². The van der Waals surface area contributed by atoms with E-state index in [2.05, 4.69) is 5.32 Å². The van der Waals surface area contributed by atoms with Crippen LogP contribution < -0.4 is 10.2 Å². The van der Waals surface area contributed by atoms with Crippen molar-refractivity contribution in [2.75, 3.05) is 4.90 Å². The van der Waals surface area contributed by atoms with E-state index in [-0.39, 0.29) is 23.9 Å². The van der Waals surface area contributed by atoms with Gasteiger partial charge < -0.3 is 5.32 Å². The number of amides is 2. The Kier molecular flexibility index (Phi) is 4.46. The SMILES string of the molecule is CCC(=O)N1c2ccccc2CC1C(=O)NC1CCCCC1. The third kappa shape index (κ3) is 2.87. The number of para-hydroxylation sites is 1. The molecule has 0 radical (unpaired) electrons. The molecule has 1 unspecified atom stereocenters. The smallest absolute Gasteiger partial charge is 0.243 e. The Morgan fingerprint density at radius 3 is 2.64 bits per heavy atom. The van der Waals surface area contributed by atoms with Gasteiger partial charge >= 0.3 is 0 Å². The van der Waals surface area contributed by atoms with E-state index in [1.165, 1.54) is 19.3 Å². The number of hydrogen-bond donors (Lipinski definition) is 1. The molecule has 1 fully saturated rings. The topological polar surface area (TPSA) is 49.4 Å². The number of carbonyl (C=O) groups excluding carboxylic acids is 2. The van der Waals surface area contributed by atoms with Crippen LogP contribution in [0.5, 0.6) is 0 Å². The molecule has 1 heterocycles. The Bertz CT molecular complexity index is 564. The number of benzene rings is 1. The average molecular weight is 300 g/mol. The van der Waals surface area contributed by atoms with E-state index in [4.69, 9.17) is 0 Å². The number of rotatable bonds is 3. The monoisotopic (exact) mass is 300 g/mol. The fraction of sp³-hybridized carbons (Fsp3) is 0.556. The molecule has 1 N–H and O–H groups in total. The summed E-state index contributed by atoms with van der Waals surface area (Å²) in [7, 11) is 0.